The van der Waals surface area contributed by atoms with E-state index in [2.05, 4.69) is 14.7 Å². The Hall–Kier alpha value is -0.950. The van der Waals surface area contributed by atoms with E-state index in [0.717, 1.165) is 21.1 Å². The van der Waals surface area contributed by atoms with Crippen LogP contribution in [0, 0.1) is 6.92 Å². The van der Waals surface area contributed by atoms with E-state index >= 15 is 0 Å². The van der Waals surface area contributed by atoms with Crippen molar-refractivity contribution in [3.05, 3.63) is 35.1 Å². The van der Waals surface area contributed by atoms with Gasteiger partial charge in [0.1, 0.15) is 9.75 Å². The van der Waals surface area contributed by atoms with E-state index < -0.39 is 11.4 Å². The molecule has 0 fully saturated rings. The highest BCUT2D eigenvalue weighted by atomic mass is 32.2. The van der Waals surface area contributed by atoms with E-state index in [4.69, 9.17) is 0 Å². The molecule has 0 saturated heterocycles. The monoisotopic (exact) mass is 323 g/mol. The SMILES string of the molecule is Cc1ccc(-c2ncc([C@H](C)N[S+]([O-])C(C)(C)C)s2)cn1. The van der Waals surface area contributed by atoms with Crippen molar-refractivity contribution in [3.63, 3.8) is 0 Å². The summed E-state index contributed by atoms with van der Waals surface area (Å²) in [7, 11) is 0. The molecule has 0 saturated carbocycles. The molecule has 0 amide bonds. The highest BCUT2D eigenvalue weighted by Gasteiger charge is 2.28. The molecule has 0 spiro atoms. The first-order valence-corrected chi connectivity index (χ1v) is 8.81. The smallest absolute Gasteiger partial charge is 0.136 e. The number of thiazole rings is 1. The largest absolute Gasteiger partial charge is 0.598 e. The number of pyridine rings is 1. The van der Waals surface area contributed by atoms with Crippen LogP contribution < -0.4 is 4.72 Å². The van der Waals surface area contributed by atoms with Crippen LogP contribution in [0.15, 0.2) is 24.5 Å². The minimum Gasteiger partial charge on any atom is -0.598 e. The number of rotatable bonds is 4. The van der Waals surface area contributed by atoms with Crippen molar-refractivity contribution in [2.24, 2.45) is 0 Å². The normalized spacial score (nSPS) is 15.0. The lowest BCUT2D eigenvalue weighted by Crippen LogP contribution is -2.40. The lowest BCUT2D eigenvalue weighted by atomic mass is 10.3. The second-order valence-corrected chi connectivity index (χ2v) is 9.04. The average molecular weight is 323 g/mol. The van der Waals surface area contributed by atoms with E-state index in [-0.39, 0.29) is 10.8 Å². The predicted molar refractivity (Wildman–Crippen MR) is 89.5 cm³/mol. The maximum atomic E-state index is 12.1. The van der Waals surface area contributed by atoms with E-state index in [0.29, 0.717) is 0 Å². The summed E-state index contributed by atoms with van der Waals surface area (Å²) in [5.41, 5.74) is 2.01. The molecule has 1 unspecified atom stereocenters. The molecule has 0 aliphatic rings. The first kappa shape index (κ1) is 16.4. The summed E-state index contributed by atoms with van der Waals surface area (Å²) in [4.78, 5) is 9.81. The van der Waals surface area contributed by atoms with Gasteiger partial charge in [-0.05, 0) is 46.8 Å². The Morgan fingerprint density at radius 3 is 2.52 bits per heavy atom. The molecular formula is C15H21N3OS2. The molecule has 4 nitrogen and oxygen atoms in total. The molecule has 0 aromatic carbocycles. The first-order chi connectivity index (χ1) is 9.77. The summed E-state index contributed by atoms with van der Waals surface area (Å²) < 4.78 is 15.0. The van der Waals surface area contributed by atoms with Crippen molar-refractivity contribution in [2.45, 2.75) is 45.4 Å². The molecule has 114 valence electrons. The molecule has 2 atom stereocenters. The molecule has 0 radical (unpaired) electrons. The van der Waals surface area contributed by atoms with Gasteiger partial charge in [0, 0.05) is 39.9 Å². The molecule has 2 aromatic heterocycles. The summed E-state index contributed by atoms with van der Waals surface area (Å²) in [5.74, 6) is 0. The van der Waals surface area contributed by atoms with E-state index in [9.17, 15) is 4.55 Å². The maximum Gasteiger partial charge on any atom is 0.136 e. The highest BCUT2D eigenvalue weighted by molar-refractivity contribution is 7.90. The third-order valence-corrected chi connectivity index (χ3v) is 5.86. The predicted octanol–water partition coefficient (Wildman–Crippen LogP) is 3.63. The molecule has 0 bridgehead atoms. The first-order valence-electron chi connectivity index (χ1n) is 6.84. The number of hydrogen-bond donors (Lipinski definition) is 1. The van der Waals surface area contributed by atoms with Gasteiger partial charge in [0.2, 0.25) is 0 Å². The van der Waals surface area contributed by atoms with Crippen LogP contribution in [0.3, 0.4) is 0 Å². The Kier molecular flexibility index (Phi) is 5.03. The van der Waals surface area contributed by atoms with E-state index in [1.807, 2.05) is 59.1 Å². The molecule has 21 heavy (non-hydrogen) atoms. The summed E-state index contributed by atoms with van der Waals surface area (Å²) in [6.45, 7) is 9.84. The Bertz CT molecular complexity index is 590. The number of aryl methyl sites for hydroxylation is 1. The summed E-state index contributed by atoms with van der Waals surface area (Å²) in [6.07, 6.45) is 3.68. The zero-order chi connectivity index (χ0) is 15.6. The van der Waals surface area contributed by atoms with Gasteiger partial charge in [-0.1, -0.05) is 0 Å². The molecule has 0 aliphatic heterocycles. The van der Waals surface area contributed by atoms with Crippen LogP contribution in [-0.2, 0) is 11.4 Å². The minimum absolute atomic E-state index is 0.00900. The maximum absolute atomic E-state index is 12.1. The lowest BCUT2D eigenvalue weighted by Gasteiger charge is -2.25. The van der Waals surface area contributed by atoms with Gasteiger partial charge in [-0.15, -0.1) is 16.1 Å². The van der Waals surface area contributed by atoms with Crippen LogP contribution in [0.2, 0.25) is 0 Å². The molecule has 0 aliphatic carbocycles. The molecule has 6 heteroatoms. The Morgan fingerprint density at radius 1 is 1.24 bits per heavy atom. The van der Waals surface area contributed by atoms with Crippen LogP contribution in [0.1, 0.15) is 44.3 Å². The number of aromatic nitrogens is 2. The zero-order valence-corrected chi connectivity index (χ0v) is 14.6. The van der Waals surface area contributed by atoms with Crippen LogP contribution in [0.4, 0.5) is 0 Å². The summed E-state index contributed by atoms with van der Waals surface area (Å²) in [5, 5.41) is 0.938. The average Bonchev–Trinajstić information content (AvgIpc) is 2.88. The Balaban J connectivity index is 2.10. The van der Waals surface area contributed by atoms with Crippen molar-refractivity contribution in [2.75, 3.05) is 0 Å². The minimum atomic E-state index is -1.09. The lowest BCUT2D eigenvalue weighted by molar-refractivity contribution is 0.532. The fraction of sp³-hybridized carbons (Fsp3) is 0.467. The van der Waals surface area contributed by atoms with Crippen LogP contribution >= 0.6 is 11.3 Å². The second kappa shape index (κ2) is 6.44. The zero-order valence-electron chi connectivity index (χ0n) is 13.0. The van der Waals surface area contributed by atoms with Crippen LogP contribution in [0.25, 0.3) is 10.6 Å². The third-order valence-electron chi connectivity index (χ3n) is 2.95. The van der Waals surface area contributed by atoms with Crippen molar-refractivity contribution in [1.29, 1.82) is 0 Å². The quantitative estimate of drug-likeness (QED) is 0.873. The van der Waals surface area contributed by atoms with Gasteiger partial charge in [-0.3, -0.25) is 4.98 Å². The van der Waals surface area contributed by atoms with Gasteiger partial charge in [-0.25, -0.2) is 4.98 Å². The summed E-state index contributed by atoms with van der Waals surface area (Å²) >= 11 is 0.515. The topological polar surface area (TPSA) is 60.9 Å². The van der Waals surface area contributed by atoms with Crippen LogP contribution in [0.5, 0.6) is 0 Å². The second-order valence-electron chi connectivity index (χ2n) is 5.98. The van der Waals surface area contributed by atoms with Crippen molar-refractivity contribution in [1.82, 2.24) is 14.7 Å². The number of hydrogen-bond acceptors (Lipinski definition) is 5. The number of nitrogens with zero attached hydrogens (tertiary/aromatic N) is 2. The van der Waals surface area contributed by atoms with Gasteiger partial charge in [-0.2, -0.15) is 0 Å². The van der Waals surface area contributed by atoms with Gasteiger partial charge in [0.25, 0.3) is 0 Å². The molecule has 2 rings (SSSR count). The van der Waals surface area contributed by atoms with Crippen molar-refractivity contribution < 1.29 is 4.55 Å². The van der Waals surface area contributed by atoms with Crippen molar-refractivity contribution >= 4 is 22.7 Å². The molecule has 2 heterocycles. The van der Waals surface area contributed by atoms with Gasteiger partial charge in [0.05, 0.1) is 6.04 Å². The van der Waals surface area contributed by atoms with Crippen LogP contribution in [-0.4, -0.2) is 19.3 Å². The third kappa shape index (κ3) is 4.26. The number of nitrogens with one attached hydrogen (secondary N) is 1. The summed E-state index contributed by atoms with van der Waals surface area (Å²) in [6, 6.07) is 4.01. The van der Waals surface area contributed by atoms with Crippen molar-refractivity contribution in [3.8, 4) is 10.6 Å². The van der Waals surface area contributed by atoms with Gasteiger partial charge in [0.15, 0.2) is 0 Å². The van der Waals surface area contributed by atoms with Gasteiger partial charge >= 0.3 is 0 Å². The highest BCUT2D eigenvalue weighted by Crippen LogP contribution is 2.29. The Labute approximate surface area is 133 Å². The molecule has 2 aromatic rings. The van der Waals surface area contributed by atoms with E-state index in [1.165, 1.54) is 0 Å². The molecule has 1 N–H and O–H groups in total. The molecular weight excluding hydrogens is 302 g/mol. The Morgan fingerprint density at radius 2 is 1.95 bits per heavy atom. The van der Waals surface area contributed by atoms with E-state index in [1.54, 1.807) is 11.3 Å². The fourth-order valence-electron chi connectivity index (χ4n) is 1.61. The fourth-order valence-corrected chi connectivity index (χ4v) is 3.39. The standard InChI is InChI=1S/C15H21N3OS2/c1-10-6-7-12(8-16-10)14-17-9-13(20-14)11(2)18-21(19)15(3,4)5/h6-9,11,18H,1-5H3/t11-,21?/m0/s1. The van der Waals surface area contributed by atoms with Gasteiger partial charge < -0.3 is 4.55 Å².